The first kappa shape index (κ1) is 34.9. The highest BCUT2D eigenvalue weighted by molar-refractivity contribution is 5.88. The van der Waals surface area contributed by atoms with Crippen LogP contribution >= 0.6 is 0 Å². The highest BCUT2D eigenvalue weighted by atomic mass is 19.1. The predicted molar refractivity (Wildman–Crippen MR) is 168 cm³/mol. The summed E-state index contributed by atoms with van der Waals surface area (Å²) in [6.07, 6.45) is 4.05. The zero-order valence-electron chi connectivity index (χ0n) is 25.0. The third-order valence-electron chi connectivity index (χ3n) is 5.86. The number of carbonyl (C=O) groups is 1. The van der Waals surface area contributed by atoms with E-state index in [2.05, 4.69) is 45.9 Å². The third kappa shape index (κ3) is 10.4. The lowest BCUT2D eigenvalue weighted by atomic mass is 10.0. The van der Waals surface area contributed by atoms with Gasteiger partial charge < -0.3 is 20.6 Å². The smallest absolute Gasteiger partial charge is 0.225 e. The monoisotopic (exact) mass is 567 g/mol. The minimum atomic E-state index is -0.728. The van der Waals surface area contributed by atoms with E-state index in [0.29, 0.717) is 35.3 Å². The number of carbonyl (C=O) groups excluding carboxylic acids is 1. The molecule has 1 heterocycles. The average Bonchev–Trinajstić information content (AvgIpc) is 2.99. The molecule has 0 bridgehead atoms. The lowest BCUT2D eigenvalue weighted by Gasteiger charge is -2.18. The van der Waals surface area contributed by atoms with Crippen LogP contribution in [0.15, 0.2) is 49.0 Å². The molecule has 41 heavy (non-hydrogen) atoms. The van der Waals surface area contributed by atoms with Gasteiger partial charge in [0.2, 0.25) is 12.4 Å². The highest BCUT2D eigenvalue weighted by Crippen LogP contribution is 2.31. The van der Waals surface area contributed by atoms with Gasteiger partial charge in [-0.05, 0) is 56.4 Å². The normalized spacial score (nSPS) is 10.4. The van der Waals surface area contributed by atoms with Gasteiger partial charge in [-0.25, -0.2) is 13.8 Å². The van der Waals surface area contributed by atoms with Crippen LogP contribution in [-0.4, -0.2) is 52.6 Å². The summed E-state index contributed by atoms with van der Waals surface area (Å²) in [6, 6.07) is 10.5. The number of hydrogen-bond acceptors (Lipinski definition) is 6. The molecule has 3 N–H and O–H groups in total. The Kier molecular flexibility index (Phi) is 16.2. The van der Waals surface area contributed by atoms with Crippen molar-refractivity contribution in [1.29, 1.82) is 0 Å². The Hall–Kier alpha value is -4.11. The number of amides is 1. The molecule has 0 saturated carbocycles. The van der Waals surface area contributed by atoms with E-state index in [4.69, 9.17) is 0 Å². The molecule has 222 valence electrons. The van der Waals surface area contributed by atoms with Crippen LogP contribution in [0.4, 0.5) is 20.5 Å². The van der Waals surface area contributed by atoms with Crippen molar-refractivity contribution < 1.29 is 18.7 Å². The van der Waals surface area contributed by atoms with Gasteiger partial charge in [0, 0.05) is 28.8 Å². The van der Waals surface area contributed by atoms with Gasteiger partial charge >= 0.3 is 0 Å². The van der Waals surface area contributed by atoms with Crippen molar-refractivity contribution in [2.75, 3.05) is 36.8 Å². The summed E-state index contributed by atoms with van der Waals surface area (Å²) in [4.78, 5) is 22.8. The molecule has 0 aliphatic heterocycles. The molecule has 1 amide bonds. The van der Waals surface area contributed by atoms with E-state index in [0.717, 1.165) is 38.2 Å². The second kappa shape index (κ2) is 19.0. The van der Waals surface area contributed by atoms with E-state index in [1.165, 1.54) is 18.2 Å². The van der Waals surface area contributed by atoms with Crippen molar-refractivity contribution in [2.24, 2.45) is 0 Å². The van der Waals surface area contributed by atoms with Gasteiger partial charge in [0.05, 0.1) is 5.69 Å². The van der Waals surface area contributed by atoms with Gasteiger partial charge in [0.25, 0.3) is 0 Å². The molecule has 7 nitrogen and oxygen atoms in total. The van der Waals surface area contributed by atoms with E-state index in [1.807, 2.05) is 27.7 Å². The third-order valence-corrected chi connectivity index (χ3v) is 5.86. The molecular formula is C32H43F2N5O2. The molecule has 2 aromatic carbocycles. The number of aliphatic hydroxyl groups is 1. The molecule has 0 aliphatic rings. The number of rotatable bonds is 13. The molecule has 3 aromatic rings. The molecule has 0 saturated heterocycles. The number of aliphatic hydroxyl groups excluding tert-OH is 1. The van der Waals surface area contributed by atoms with Crippen molar-refractivity contribution in [1.82, 2.24) is 14.9 Å². The number of halogens is 2. The summed E-state index contributed by atoms with van der Waals surface area (Å²) < 4.78 is 28.5. The second-order valence-electron chi connectivity index (χ2n) is 8.22. The van der Waals surface area contributed by atoms with Crippen molar-refractivity contribution >= 4 is 36.1 Å². The fourth-order valence-electron chi connectivity index (χ4n) is 3.82. The molecule has 1 aromatic heterocycles. The number of anilines is 2. The minimum Gasteiger partial charge on any atom is -0.508 e. The molecule has 0 spiro atoms. The fourth-order valence-corrected chi connectivity index (χ4v) is 3.82. The lowest BCUT2D eigenvalue weighted by Crippen LogP contribution is -2.25. The maximum Gasteiger partial charge on any atom is 0.225 e. The van der Waals surface area contributed by atoms with Crippen LogP contribution in [0.2, 0.25) is 0 Å². The van der Waals surface area contributed by atoms with Gasteiger partial charge in [0.15, 0.2) is 0 Å². The zero-order valence-corrected chi connectivity index (χ0v) is 25.0. The topological polar surface area (TPSA) is 90.4 Å². The van der Waals surface area contributed by atoms with Crippen molar-refractivity contribution in [3.05, 3.63) is 77.4 Å². The highest BCUT2D eigenvalue weighted by Gasteiger charge is 2.16. The maximum atomic E-state index is 14.3. The number of nitrogens with one attached hydrogen (secondary N) is 2. The van der Waals surface area contributed by atoms with Crippen molar-refractivity contribution in [3.63, 3.8) is 0 Å². The van der Waals surface area contributed by atoms with Crippen LogP contribution in [0.3, 0.4) is 0 Å². The van der Waals surface area contributed by atoms with Gasteiger partial charge in [-0.3, -0.25) is 4.79 Å². The van der Waals surface area contributed by atoms with Crippen LogP contribution in [0.1, 0.15) is 64.7 Å². The fraction of sp³-hybridized carbons (Fsp3) is 0.344. The maximum absolute atomic E-state index is 14.3. The number of hydrogen-bond donors (Lipinski definition) is 3. The van der Waals surface area contributed by atoms with E-state index in [9.17, 15) is 18.7 Å². The standard InChI is InChI=1S/C28H31F2N5O2.2C2H6/c1-4-35(5-2)16-8-15-31-28-33-26(21-10-6-9-20(17-21)19(3)37)23(27(34-28)32-18-36)14-13-22-24(29)11-7-12-25(22)30;2*1-2/h6-7,9-14,17-18,37H,3-5,8,15-16H2,1-2H3,(H2,31,32,33,34,36);2*1-2H3/b14-13-;;. The van der Waals surface area contributed by atoms with Gasteiger partial charge in [-0.2, -0.15) is 4.98 Å². The SMILES string of the molecule is C=C(O)c1cccc(-c2nc(NCCCN(CC)CC)nc(NC=O)c2/C=C\c2c(F)cccc2F)c1.CC.CC. The first-order valence-electron chi connectivity index (χ1n) is 14.1. The Morgan fingerprint density at radius 3 is 2.17 bits per heavy atom. The van der Waals surface area contributed by atoms with E-state index in [1.54, 1.807) is 24.3 Å². The molecule has 9 heteroatoms. The number of benzene rings is 2. The summed E-state index contributed by atoms with van der Waals surface area (Å²) >= 11 is 0. The molecule has 0 aliphatic carbocycles. The van der Waals surface area contributed by atoms with Crippen LogP contribution in [0.5, 0.6) is 0 Å². The van der Waals surface area contributed by atoms with Crippen molar-refractivity contribution in [3.8, 4) is 11.3 Å². The summed E-state index contributed by atoms with van der Waals surface area (Å²) in [5, 5.41) is 15.7. The van der Waals surface area contributed by atoms with Crippen LogP contribution in [0.25, 0.3) is 29.2 Å². The largest absolute Gasteiger partial charge is 0.508 e. The van der Waals surface area contributed by atoms with Gasteiger partial charge in [-0.1, -0.05) is 72.4 Å². The van der Waals surface area contributed by atoms with Crippen molar-refractivity contribution in [2.45, 2.75) is 48.0 Å². The van der Waals surface area contributed by atoms with E-state index >= 15 is 0 Å². The Morgan fingerprint density at radius 2 is 1.59 bits per heavy atom. The molecule has 0 unspecified atom stereocenters. The Morgan fingerprint density at radius 1 is 0.976 bits per heavy atom. The van der Waals surface area contributed by atoms with Gasteiger partial charge in [0.1, 0.15) is 23.2 Å². The summed E-state index contributed by atoms with van der Waals surface area (Å²) in [7, 11) is 0. The molecule has 0 fully saturated rings. The summed E-state index contributed by atoms with van der Waals surface area (Å²) in [5.74, 6) is -1.14. The molecule has 3 rings (SSSR count). The number of nitrogens with zero attached hydrogens (tertiary/aromatic N) is 3. The first-order chi connectivity index (χ1) is 19.9. The van der Waals surface area contributed by atoms with Crippen LogP contribution in [0, 0.1) is 11.6 Å². The molecule has 0 radical (unpaired) electrons. The van der Waals surface area contributed by atoms with Crippen LogP contribution in [-0.2, 0) is 4.79 Å². The zero-order chi connectivity index (χ0) is 30.8. The Bertz CT molecular complexity index is 1260. The average molecular weight is 568 g/mol. The summed E-state index contributed by atoms with van der Waals surface area (Å²) in [5.41, 5.74) is 1.56. The predicted octanol–water partition coefficient (Wildman–Crippen LogP) is 7.89. The Balaban J connectivity index is 0.00000201. The number of aromatic nitrogens is 2. The second-order valence-corrected chi connectivity index (χ2v) is 8.22. The minimum absolute atomic E-state index is 0.123. The van der Waals surface area contributed by atoms with Crippen LogP contribution < -0.4 is 10.6 Å². The Labute approximate surface area is 243 Å². The summed E-state index contributed by atoms with van der Waals surface area (Å²) in [6.45, 7) is 19.2. The molecule has 0 atom stereocenters. The molecular weight excluding hydrogens is 524 g/mol. The first-order valence-corrected chi connectivity index (χ1v) is 14.1. The lowest BCUT2D eigenvalue weighted by molar-refractivity contribution is -0.105. The van der Waals surface area contributed by atoms with Gasteiger partial charge in [-0.15, -0.1) is 0 Å². The quantitative estimate of drug-likeness (QED) is 0.111. The van der Waals surface area contributed by atoms with E-state index < -0.39 is 11.6 Å². The van der Waals surface area contributed by atoms with E-state index in [-0.39, 0.29) is 23.1 Å².